The van der Waals surface area contributed by atoms with E-state index in [0.717, 1.165) is 28.7 Å². The Morgan fingerprint density at radius 2 is 2.24 bits per heavy atom. The predicted molar refractivity (Wildman–Crippen MR) is 73.0 cm³/mol. The van der Waals surface area contributed by atoms with E-state index in [0.29, 0.717) is 0 Å². The molecule has 1 unspecified atom stereocenters. The Morgan fingerprint density at radius 3 is 3.00 bits per heavy atom. The highest BCUT2D eigenvalue weighted by Gasteiger charge is 2.31. The topological polar surface area (TPSA) is 41.1 Å². The molecule has 1 atom stereocenters. The summed E-state index contributed by atoms with van der Waals surface area (Å²) < 4.78 is 0.987. The zero-order valence-electron chi connectivity index (χ0n) is 9.92. The Morgan fingerprint density at radius 1 is 1.41 bits per heavy atom. The van der Waals surface area contributed by atoms with E-state index in [1.165, 1.54) is 12.8 Å². The predicted octanol–water partition coefficient (Wildman–Crippen LogP) is 3.22. The number of rotatable bonds is 5. The van der Waals surface area contributed by atoms with Crippen molar-refractivity contribution >= 4 is 27.5 Å². The number of halogens is 1. The molecule has 0 saturated heterocycles. The minimum absolute atomic E-state index is 0.0448. The molecule has 1 heterocycles. The average molecular weight is 297 g/mol. The number of carbonyl (C=O) groups excluding carboxylic acids is 1. The van der Waals surface area contributed by atoms with Crippen molar-refractivity contribution in [1.29, 1.82) is 0 Å². The number of carbonyl (C=O) groups is 1. The van der Waals surface area contributed by atoms with Crippen LogP contribution in [0.2, 0.25) is 0 Å². The van der Waals surface area contributed by atoms with E-state index in [1.807, 2.05) is 18.2 Å². The number of benzene rings is 1. The lowest BCUT2D eigenvalue weighted by atomic mass is 10.1. The van der Waals surface area contributed by atoms with E-state index in [1.54, 1.807) is 0 Å². The van der Waals surface area contributed by atoms with Gasteiger partial charge in [-0.25, -0.2) is 0 Å². The standard InChI is InChI=1S/C13H17BrN2O/c1-2-3-4-8-15-12-11-9(14)6-5-7-10(11)16-13(12)17/h5-7,12,15H,2-4,8H2,1H3,(H,16,17). The Hall–Kier alpha value is -0.870. The summed E-state index contributed by atoms with van der Waals surface area (Å²) in [6, 6.07) is 5.63. The van der Waals surface area contributed by atoms with Gasteiger partial charge in [-0.3, -0.25) is 4.79 Å². The van der Waals surface area contributed by atoms with Crippen molar-refractivity contribution in [3.63, 3.8) is 0 Å². The molecule has 0 radical (unpaired) electrons. The highest BCUT2D eigenvalue weighted by molar-refractivity contribution is 9.10. The summed E-state index contributed by atoms with van der Waals surface area (Å²) in [5.41, 5.74) is 1.95. The lowest BCUT2D eigenvalue weighted by molar-refractivity contribution is -0.117. The van der Waals surface area contributed by atoms with Gasteiger partial charge in [0, 0.05) is 15.7 Å². The molecule has 3 nitrogen and oxygen atoms in total. The first-order chi connectivity index (χ1) is 8.24. The molecule has 1 aliphatic rings. The van der Waals surface area contributed by atoms with Gasteiger partial charge in [0.15, 0.2) is 0 Å². The van der Waals surface area contributed by atoms with Gasteiger partial charge in [0.2, 0.25) is 5.91 Å². The van der Waals surface area contributed by atoms with Crippen LogP contribution in [0.5, 0.6) is 0 Å². The van der Waals surface area contributed by atoms with Crippen molar-refractivity contribution in [2.45, 2.75) is 32.2 Å². The maximum atomic E-state index is 11.9. The van der Waals surface area contributed by atoms with Crippen molar-refractivity contribution < 1.29 is 4.79 Å². The summed E-state index contributed by atoms with van der Waals surface area (Å²) in [6.07, 6.45) is 3.50. The van der Waals surface area contributed by atoms with Crippen LogP contribution in [0.15, 0.2) is 22.7 Å². The fourth-order valence-electron chi connectivity index (χ4n) is 2.09. The smallest absolute Gasteiger partial charge is 0.246 e. The van der Waals surface area contributed by atoms with Crippen LogP contribution >= 0.6 is 15.9 Å². The van der Waals surface area contributed by atoms with Crippen LogP contribution in [0.25, 0.3) is 0 Å². The summed E-state index contributed by atoms with van der Waals surface area (Å²) in [7, 11) is 0. The lowest BCUT2D eigenvalue weighted by Crippen LogP contribution is -2.28. The van der Waals surface area contributed by atoms with Crippen LogP contribution < -0.4 is 10.6 Å². The third kappa shape index (κ3) is 2.69. The number of nitrogens with one attached hydrogen (secondary N) is 2. The van der Waals surface area contributed by atoms with Crippen LogP contribution in [0, 0.1) is 0 Å². The summed E-state index contributed by atoms with van der Waals surface area (Å²) in [6.45, 7) is 3.06. The molecule has 0 aliphatic carbocycles. The van der Waals surface area contributed by atoms with Gasteiger partial charge in [-0.1, -0.05) is 41.8 Å². The first kappa shape index (κ1) is 12.6. The summed E-state index contributed by atoms with van der Waals surface area (Å²) in [4.78, 5) is 11.9. The van der Waals surface area contributed by atoms with Crippen molar-refractivity contribution in [2.24, 2.45) is 0 Å². The minimum Gasteiger partial charge on any atom is -0.324 e. The highest BCUT2D eigenvalue weighted by atomic mass is 79.9. The van der Waals surface area contributed by atoms with Crippen molar-refractivity contribution in [1.82, 2.24) is 5.32 Å². The number of unbranched alkanes of at least 4 members (excludes halogenated alkanes) is 2. The molecular weight excluding hydrogens is 280 g/mol. The Bertz CT molecular complexity index is 420. The van der Waals surface area contributed by atoms with Gasteiger partial charge in [0.1, 0.15) is 6.04 Å². The molecule has 0 bridgehead atoms. The Labute approximate surface area is 110 Å². The second-order valence-electron chi connectivity index (χ2n) is 4.28. The van der Waals surface area contributed by atoms with Crippen LogP contribution in [0.4, 0.5) is 5.69 Å². The highest BCUT2D eigenvalue weighted by Crippen LogP contribution is 2.36. The van der Waals surface area contributed by atoms with Crippen molar-refractivity contribution in [2.75, 3.05) is 11.9 Å². The molecule has 2 rings (SSSR count). The van der Waals surface area contributed by atoms with E-state index in [-0.39, 0.29) is 11.9 Å². The monoisotopic (exact) mass is 296 g/mol. The minimum atomic E-state index is -0.211. The third-order valence-electron chi connectivity index (χ3n) is 2.99. The fraction of sp³-hybridized carbons (Fsp3) is 0.462. The zero-order valence-corrected chi connectivity index (χ0v) is 11.5. The Kier molecular flexibility index (Phi) is 4.18. The second kappa shape index (κ2) is 5.65. The largest absolute Gasteiger partial charge is 0.324 e. The van der Waals surface area contributed by atoms with Gasteiger partial charge < -0.3 is 10.6 Å². The van der Waals surface area contributed by atoms with Gasteiger partial charge in [0.25, 0.3) is 0 Å². The van der Waals surface area contributed by atoms with Crippen LogP contribution in [0.3, 0.4) is 0 Å². The normalized spacial score (nSPS) is 18.0. The molecule has 17 heavy (non-hydrogen) atoms. The molecule has 0 aromatic heterocycles. The number of hydrogen-bond donors (Lipinski definition) is 2. The first-order valence-electron chi connectivity index (χ1n) is 6.06. The molecule has 92 valence electrons. The summed E-state index contributed by atoms with van der Waals surface area (Å²) in [5, 5.41) is 6.22. The fourth-order valence-corrected chi connectivity index (χ4v) is 2.69. The summed E-state index contributed by atoms with van der Waals surface area (Å²) >= 11 is 3.51. The number of hydrogen-bond acceptors (Lipinski definition) is 2. The Balaban J connectivity index is 2.06. The molecule has 1 amide bonds. The van der Waals surface area contributed by atoms with E-state index < -0.39 is 0 Å². The zero-order chi connectivity index (χ0) is 12.3. The van der Waals surface area contributed by atoms with E-state index in [4.69, 9.17) is 0 Å². The average Bonchev–Trinajstić information content (AvgIpc) is 2.62. The van der Waals surface area contributed by atoms with Gasteiger partial charge in [-0.05, 0) is 25.1 Å². The lowest BCUT2D eigenvalue weighted by Gasteiger charge is -2.12. The molecule has 0 saturated carbocycles. The second-order valence-corrected chi connectivity index (χ2v) is 5.14. The molecule has 1 aliphatic heterocycles. The van der Waals surface area contributed by atoms with E-state index in [9.17, 15) is 4.79 Å². The first-order valence-corrected chi connectivity index (χ1v) is 6.86. The quantitative estimate of drug-likeness (QED) is 0.819. The van der Waals surface area contributed by atoms with Crippen LogP contribution in [-0.2, 0) is 4.79 Å². The van der Waals surface area contributed by atoms with Gasteiger partial charge in [-0.2, -0.15) is 0 Å². The maximum Gasteiger partial charge on any atom is 0.246 e. The molecular formula is C13H17BrN2O. The van der Waals surface area contributed by atoms with Gasteiger partial charge >= 0.3 is 0 Å². The SMILES string of the molecule is CCCCCNC1C(=O)Nc2cccc(Br)c21. The maximum absolute atomic E-state index is 11.9. The molecule has 2 N–H and O–H groups in total. The molecule has 4 heteroatoms. The molecule has 1 aromatic rings. The molecule has 0 spiro atoms. The van der Waals surface area contributed by atoms with Gasteiger partial charge in [-0.15, -0.1) is 0 Å². The van der Waals surface area contributed by atoms with Crippen molar-refractivity contribution in [3.05, 3.63) is 28.2 Å². The number of anilines is 1. The number of amides is 1. The van der Waals surface area contributed by atoms with Gasteiger partial charge in [0.05, 0.1) is 0 Å². The third-order valence-corrected chi connectivity index (χ3v) is 3.68. The molecule has 0 fully saturated rings. The summed E-state index contributed by atoms with van der Waals surface area (Å²) in [5.74, 6) is 0.0448. The van der Waals surface area contributed by atoms with E-state index >= 15 is 0 Å². The number of fused-ring (bicyclic) bond motifs is 1. The van der Waals surface area contributed by atoms with Crippen LogP contribution in [0.1, 0.15) is 37.8 Å². The van der Waals surface area contributed by atoms with E-state index in [2.05, 4.69) is 33.5 Å². The van der Waals surface area contributed by atoms with Crippen molar-refractivity contribution in [3.8, 4) is 0 Å². The van der Waals surface area contributed by atoms with Crippen LogP contribution in [-0.4, -0.2) is 12.5 Å². The molecule has 1 aromatic carbocycles.